The number of rotatable bonds is 19. The van der Waals surface area contributed by atoms with E-state index in [0.29, 0.717) is 55.9 Å². The van der Waals surface area contributed by atoms with Crippen LogP contribution in [0.3, 0.4) is 0 Å². The normalized spacial score (nSPS) is 12.3. The lowest BCUT2D eigenvalue weighted by Gasteiger charge is -2.18. The summed E-state index contributed by atoms with van der Waals surface area (Å²) in [6.45, 7) is -0.528. The Labute approximate surface area is 394 Å². The molecule has 0 bridgehead atoms. The highest BCUT2D eigenvalue weighted by atomic mass is 19.4. The molecule has 0 fully saturated rings. The van der Waals surface area contributed by atoms with Crippen LogP contribution in [0.1, 0.15) is 57.3 Å². The van der Waals surface area contributed by atoms with Gasteiger partial charge in [0.2, 0.25) is 0 Å². The van der Waals surface area contributed by atoms with E-state index in [2.05, 4.69) is 0 Å². The van der Waals surface area contributed by atoms with Crippen molar-refractivity contribution < 1.29 is 72.4 Å². The lowest BCUT2D eigenvalue weighted by molar-refractivity contribution is -0.186. The molecule has 0 aromatic heterocycles. The fraction of sp³-hybridized carbons (Fsp3) is 0.192. The van der Waals surface area contributed by atoms with Gasteiger partial charge < -0.3 is 30.4 Å². The molecule has 0 heterocycles. The van der Waals surface area contributed by atoms with Crippen LogP contribution in [-0.2, 0) is 57.3 Å². The number of nitrogens with two attached hydrogens (primary N) is 2. The van der Waals surface area contributed by atoms with Gasteiger partial charge in [0, 0.05) is 36.4 Å². The molecule has 0 aliphatic heterocycles. The first-order chi connectivity index (χ1) is 33.0. The highest BCUT2D eigenvalue weighted by Gasteiger charge is 2.36. The summed E-state index contributed by atoms with van der Waals surface area (Å²) in [5.74, 6) is -2.07. The molecule has 18 heteroatoms. The summed E-state index contributed by atoms with van der Waals surface area (Å²) >= 11 is 0. The Morgan fingerprint density at radius 2 is 0.800 bits per heavy atom. The number of anilines is 2. The minimum Gasteiger partial charge on any atom is -0.458 e. The smallest absolute Gasteiger partial charge is 0.426 e. The molecule has 4 N–H and O–H groups in total. The second kappa shape index (κ2) is 22.1. The minimum atomic E-state index is -4.35. The van der Waals surface area contributed by atoms with E-state index in [9.17, 15) is 53.5 Å². The topological polar surface area (TPSA) is 123 Å². The third-order valence-corrected chi connectivity index (χ3v) is 10.3. The quantitative estimate of drug-likeness (QED) is 0.0356. The Morgan fingerprint density at radius 3 is 1.13 bits per heavy atom. The first-order valence-corrected chi connectivity index (χ1v) is 21.1. The minimum absolute atomic E-state index is 0.249. The number of hydrogen-bond acceptors (Lipinski definition) is 8. The van der Waals surface area contributed by atoms with Crippen molar-refractivity contribution in [2.45, 2.75) is 63.5 Å². The zero-order chi connectivity index (χ0) is 50.7. The zero-order valence-electron chi connectivity index (χ0n) is 36.6. The second-order valence-electron chi connectivity index (χ2n) is 15.7. The van der Waals surface area contributed by atoms with Gasteiger partial charge in [0.05, 0.1) is 11.1 Å². The molecule has 8 nitrogen and oxygen atoms in total. The number of benzene rings is 6. The number of ether oxygens (including phenoxy) is 4. The number of alkyl halides is 10. The molecule has 70 heavy (non-hydrogen) atoms. The van der Waals surface area contributed by atoms with Crippen LogP contribution in [0.5, 0.6) is 11.5 Å². The van der Waals surface area contributed by atoms with E-state index in [1.807, 2.05) is 0 Å². The maximum atomic E-state index is 14.9. The Bertz CT molecular complexity index is 2600. The van der Waals surface area contributed by atoms with Gasteiger partial charge in [0.15, 0.2) is 0 Å². The molecular formula is C52H42F10N2O6. The molecule has 0 spiro atoms. The lowest BCUT2D eigenvalue weighted by atomic mass is 9.95. The van der Waals surface area contributed by atoms with E-state index in [0.717, 1.165) is 60.7 Å². The fourth-order valence-corrected chi connectivity index (χ4v) is 6.73. The third kappa shape index (κ3) is 15.6. The van der Waals surface area contributed by atoms with Crippen LogP contribution < -0.4 is 20.9 Å². The number of nitrogen functional groups attached to an aromatic ring is 2. The van der Waals surface area contributed by atoms with Crippen LogP contribution in [0, 0.1) is 0 Å². The summed E-state index contributed by atoms with van der Waals surface area (Å²) in [7, 11) is 0. The average Bonchev–Trinajstić information content (AvgIpc) is 3.30. The summed E-state index contributed by atoms with van der Waals surface area (Å²) < 4.78 is 155. The number of halogens is 10. The lowest BCUT2D eigenvalue weighted by Crippen LogP contribution is -2.21. The van der Waals surface area contributed by atoms with E-state index in [1.54, 1.807) is 36.4 Å². The van der Waals surface area contributed by atoms with Crippen molar-refractivity contribution in [3.63, 3.8) is 0 Å². The van der Waals surface area contributed by atoms with Gasteiger partial charge in [-0.2, -0.15) is 43.9 Å². The molecule has 0 aliphatic carbocycles. The SMILES string of the molecule is Nc1ccc(-c2ccc(N)cc2COC(=O)/C=C/c2ccc(C(F)(F)Oc3ccc(CCC(F)(F)F)cc3)cc2)c(COC(=O)/C=C/c2ccc(C(F)(F)Oc3ccc(CCC(F)(F)F)cc3)cc2)c1. The van der Waals surface area contributed by atoms with Crippen LogP contribution in [0.2, 0.25) is 0 Å². The molecule has 6 aromatic rings. The summed E-state index contributed by atoms with van der Waals surface area (Å²) in [6.07, 6.45) is -14.1. The molecule has 366 valence electrons. The second-order valence-corrected chi connectivity index (χ2v) is 15.7. The summed E-state index contributed by atoms with van der Waals surface area (Å²) in [5, 5.41) is 0. The Balaban J connectivity index is 1.02. The van der Waals surface area contributed by atoms with Crippen LogP contribution >= 0.6 is 0 Å². The molecule has 0 saturated heterocycles. The maximum absolute atomic E-state index is 14.9. The fourth-order valence-electron chi connectivity index (χ4n) is 6.73. The van der Waals surface area contributed by atoms with E-state index in [4.69, 9.17) is 30.4 Å². The third-order valence-electron chi connectivity index (χ3n) is 10.3. The van der Waals surface area contributed by atoms with Gasteiger partial charge in [-0.15, -0.1) is 0 Å². The van der Waals surface area contributed by atoms with Gasteiger partial charge in [-0.3, -0.25) is 0 Å². The molecule has 0 radical (unpaired) electrons. The van der Waals surface area contributed by atoms with Crippen molar-refractivity contribution in [1.29, 1.82) is 0 Å². The van der Waals surface area contributed by atoms with Gasteiger partial charge >= 0.3 is 36.5 Å². The summed E-state index contributed by atoms with van der Waals surface area (Å²) in [6, 6.07) is 29.1. The van der Waals surface area contributed by atoms with E-state index in [1.165, 1.54) is 60.7 Å². The molecule has 0 aliphatic rings. The molecule has 0 unspecified atom stereocenters. The highest BCUT2D eigenvalue weighted by molar-refractivity contribution is 5.88. The Kier molecular flexibility index (Phi) is 16.3. The maximum Gasteiger partial charge on any atom is 0.426 e. The van der Waals surface area contributed by atoms with Crippen molar-refractivity contribution in [3.05, 3.63) is 190 Å². The van der Waals surface area contributed by atoms with Crippen molar-refractivity contribution in [3.8, 4) is 22.6 Å². The molecule has 6 rings (SSSR count). The number of aryl methyl sites for hydroxylation is 2. The zero-order valence-corrected chi connectivity index (χ0v) is 36.6. The Morgan fingerprint density at radius 1 is 0.457 bits per heavy atom. The first-order valence-electron chi connectivity index (χ1n) is 21.1. The molecule has 0 saturated carbocycles. The number of carbonyl (C=O) groups is 2. The van der Waals surface area contributed by atoms with Crippen LogP contribution in [0.4, 0.5) is 55.3 Å². The van der Waals surface area contributed by atoms with Crippen molar-refractivity contribution in [1.82, 2.24) is 0 Å². The predicted molar refractivity (Wildman–Crippen MR) is 242 cm³/mol. The average molecular weight is 981 g/mol. The molecule has 0 amide bonds. The van der Waals surface area contributed by atoms with E-state index in [-0.39, 0.29) is 37.6 Å². The van der Waals surface area contributed by atoms with Crippen molar-refractivity contribution in [2.24, 2.45) is 0 Å². The summed E-state index contributed by atoms with van der Waals surface area (Å²) in [5.41, 5.74) is 15.2. The van der Waals surface area contributed by atoms with Gasteiger partial charge in [0.1, 0.15) is 24.7 Å². The van der Waals surface area contributed by atoms with Crippen LogP contribution in [-0.4, -0.2) is 24.3 Å². The largest absolute Gasteiger partial charge is 0.458 e. The number of hydrogen-bond donors (Lipinski definition) is 2. The Hall–Kier alpha value is -7.76. The monoisotopic (exact) mass is 980 g/mol. The standard InChI is InChI=1S/C52H42F10N2O6/c53-49(54,55)27-25-35-5-17-43(18-6-35)69-51(59,60)39-11-1-33(2-12-39)9-23-47(65)67-31-37-29-41(63)15-21-45(37)46-22-16-42(64)30-38(46)32-68-48(66)24-10-34-3-13-40(14-4-34)52(61,62)70-44-19-7-36(8-20-44)26-28-50(56,57)58/h1-24,29-30H,25-28,31-32,63-64H2/b23-9+,24-10+. The molecular weight excluding hydrogens is 939 g/mol. The van der Waals surface area contributed by atoms with Gasteiger partial charge in [-0.25, -0.2) is 9.59 Å². The van der Waals surface area contributed by atoms with E-state index < -0.39 is 60.5 Å². The van der Waals surface area contributed by atoms with Crippen molar-refractivity contribution in [2.75, 3.05) is 11.5 Å². The number of carbonyl (C=O) groups excluding carboxylic acids is 2. The van der Waals surface area contributed by atoms with Gasteiger partial charge in [-0.1, -0.05) is 60.7 Å². The van der Waals surface area contributed by atoms with Crippen LogP contribution in [0.25, 0.3) is 23.3 Å². The molecule has 0 atom stereocenters. The first kappa shape index (κ1) is 51.6. The molecule has 6 aromatic carbocycles. The van der Waals surface area contributed by atoms with Crippen LogP contribution in [0.15, 0.2) is 146 Å². The number of esters is 2. The highest BCUT2D eigenvalue weighted by Crippen LogP contribution is 2.35. The summed E-state index contributed by atoms with van der Waals surface area (Å²) in [4.78, 5) is 25.6. The van der Waals surface area contributed by atoms with E-state index >= 15 is 0 Å². The van der Waals surface area contributed by atoms with Gasteiger partial charge in [0.25, 0.3) is 0 Å². The van der Waals surface area contributed by atoms with Gasteiger partial charge in [-0.05, 0) is 142 Å². The van der Waals surface area contributed by atoms with Crippen molar-refractivity contribution >= 4 is 35.5 Å². The predicted octanol–water partition coefficient (Wildman–Crippen LogP) is 13.3.